The lowest BCUT2D eigenvalue weighted by Crippen LogP contribution is -2.39. The Labute approximate surface area is 121 Å². The van der Waals surface area contributed by atoms with Crippen molar-refractivity contribution in [3.8, 4) is 0 Å². The lowest BCUT2D eigenvalue weighted by molar-refractivity contribution is 0.333. The molecule has 1 aromatic rings. The molecule has 0 saturated carbocycles. The zero-order valence-electron chi connectivity index (χ0n) is 12.0. The Morgan fingerprint density at radius 1 is 1.35 bits per heavy atom. The molecule has 0 spiro atoms. The molecule has 1 heterocycles. The van der Waals surface area contributed by atoms with Gasteiger partial charge in [-0.3, -0.25) is 0 Å². The molecule has 1 fully saturated rings. The van der Waals surface area contributed by atoms with Gasteiger partial charge in [-0.1, -0.05) is 31.2 Å². The first kappa shape index (κ1) is 14.1. The molecule has 3 rings (SSSR count). The molecule has 3 nitrogen and oxygen atoms in total. The summed E-state index contributed by atoms with van der Waals surface area (Å²) in [5.41, 5.74) is 2.93. The maximum Gasteiger partial charge on any atom is 0.150 e. The summed E-state index contributed by atoms with van der Waals surface area (Å²) >= 11 is 0. The van der Waals surface area contributed by atoms with Crippen molar-refractivity contribution in [1.29, 1.82) is 0 Å². The van der Waals surface area contributed by atoms with E-state index in [-0.39, 0.29) is 0 Å². The van der Waals surface area contributed by atoms with Crippen molar-refractivity contribution in [3.05, 3.63) is 35.4 Å². The van der Waals surface area contributed by atoms with E-state index in [9.17, 15) is 8.42 Å². The molecular weight excluding hydrogens is 270 g/mol. The van der Waals surface area contributed by atoms with Crippen LogP contribution >= 0.6 is 0 Å². The van der Waals surface area contributed by atoms with Gasteiger partial charge in [0.2, 0.25) is 0 Å². The monoisotopic (exact) mass is 293 g/mol. The van der Waals surface area contributed by atoms with E-state index >= 15 is 0 Å². The summed E-state index contributed by atoms with van der Waals surface area (Å²) in [6.07, 6.45) is 3.05. The van der Waals surface area contributed by atoms with Crippen molar-refractivity contribution in [2.45, 2.75) is 38.1 Å². The molecule has 1 N–H and O–H groups in total. The Morgan fingerprint density at radius 3 is 2.80 bits per heavy atom. The molecular formula is C16H23NO2S. The highest BCUT2D eigenvalue weighted by Gasteiger charge is 2.36. The van der Waals surface area contributed by atoms with Crippen LogP contribution in [0.5, 0.6) is 0 Å². The van der Waals surface area contributed by atoms with Gasteiger partial charge in [-0.05, 0) is 48.8 Å². The first-order chi connectivity index (χ1) is 9.59. The van der Waals surface area contributed by atoms with Crippen LogP contribution in [0.3, 0.4) is 0 Å². The predicted molar refractivity (Wildman–Crippen MR) is 81.7 cm³/mol. The van der Waals surface area contributed by atoms with Crippen LogP contribution in [0.15, 0.2) is 24.3 Å². The second-order valence-electron chi connectivity index (χ2n) is 6.16. The molecule has 4 heteroatoms. The first-order valence-corrected chi connectivity index (χ1v) is 9.43. The minimum Gasteiger partial charge on any atom is -0.314 e. The third kappa shape index (κ3) is 2.77. The SMILES string of the molecule is CCNC(CC1Cc2ccccc21)C1CCS(=O)(=O)C1. The molecule has 0 amide bonds. The number of sulfone groups is 1. The van der Waals surface area contributed by atoms with Crippen molar-refractivity contribution in [3.63, 3.8) is 0 Å². The summed E-state index contributed by atoms with van der Waals surface area (Å²) in [7, 11) is -2.78. The first-order valence-electron chi connectivity index (χ1n) is 7.60. The standard InChI is InChI=1S/C16H23NO2S/c1-2-17-16(13-7-8-20(18,19)11-13)10-14-9-12-5-3-4-6-15(12)14/h3-6,13-14,16-17H,2,7-11H2,1H3. The summed E-state index contributed by atoms with van der Waals surface area (Å²) in [6.45, 7) is 3.01. The van der Waals surface area contributed by atoms with Gasteiger partial charge in [0.25, 0.3) is 0 Å². The van der Waals surface area contributed by atoms with E-state index in [1.54, 1.807) is 0 Å². The number of benzene rings is 1. The number of nitrogens with one attached hydrogen (secondary N) is 1. The molecule has 0 aromatic heterocycles. The molecule has 2 aliphatic rings. The highest BCUT2D eigenvalue weighted by atomic mass is 32.2. The minimum absolute atomic E-state index is 0.299. The molecule has 1 aliphatic heterocycles. The third-order valence-electron chi connectivity index (χ3n) is 4.80. The fraction of sp³-hybridized carbons (Fsp3) is 0.625. The topological polar surface area (TPSA) is 46.2 Å². The van der Waals surface area contributed by atoms with Crippen molar-refractivity contribution < 1.29 is 8.42 Å². The molecule has 110 valence electrons. The Kier molecular flexibility index (Phi) is 3.87. The van der Waals surface area contributed by atoms with Crippen LogP contribution in [-0.4, -0.2) is 32.5 Å². The van der Waals surface area contributed by atoms with Gasteiger partial charge in [0.05, 0.1) is 11.5 Å². The van der Waals surface area contributed by atoms with Gasteiger partial charge in [0, 0.05) is 6.04 Å². The average Bonchev–Trinajstić information content (AvgIpc) is 2.75. The second-order valence-corrected chi connectivity index (χ2v) is 8.39. The zero-order chi connectivity index (χ0) is 14.2. The van der Waals surface area contributed by atoms with Gasteiger partial charge in [0.1, 0.15) is 0 Å². The summed E-state index contributed by atoms with van der Waals surface area (Å²) in [5, 5.41) is 3.53. The lowest BCUT2D eigenvalue weighted by atomic mass is 9.73. The zero-order valence-corrected chi connectivity index (χ0v) is 12.8. The number of hydrogen-bond donors (Lipinski definition) is 1. The third-order valence-corrected chi connectivity index (χ3v) is 6.60. The number of hydrogen-bond acceptors (Lipinski definition) is 3. The molecule has 1 saturated heterocycles. The van der Waals surface area contributed by atoms with Gasteiger partial charge in [0.15, 0.2) is 9.84 Å². The largest absolute Gasteiger partial charge is 0.314 e. The van der Waals surface area contributed by atoms with Gasteiger partial charge < -0.3 is 5.32 Å². The van der Waals surface area contributed by atoms with E-state index in [0.717, 1.165) is 25.8 Å². The molecule has 20 heavy (non-hydrogen) atoms. The predicted octanol–water partition coefficient (Wildman–Crippen LogP) is 2.13. The van der Waals surface area contributed by atoms with Crippen molar-refractivity contribution >= 4 is 9.84 Å². The van der Waals surface area contributed by atoms with E-state index in [0.29, 0.717) is 29.4 Å². The van der Waals surface area contributed by atoms with Gasteiger partial charge >= 0.3 is 0 Å². The highest BCUT2D eigenvalue weighted by molar-refractivity contribution is 7.91. The Morgan fingerprint density at radius 2 is 2.15 bits per heavy atom. The van der Waals surface area contributed by atoms with Crippen molar-refractivity contribution in [1.82, 2.24) is 5.32 Å². The molecule has 1 aromatic carbocycles. The smallest absolute Gasteiger partial charge is 0.150 e. The van der Waals surface area contributed by atoms with Crippen LogP contribution in [0.2, 0.25) is 0 Å². The Balaban J connectivity index is 1.67. The summed E-state index contributed by atoms with van der Waals surface area (Å²) in [6, 6.07) is 8.97. The van der Waals surface area contributed by atoms with Crippen LogP contribution in [0.25, 0.3) is 0 Å². The van der Waals surface area contributed by atoms with Gasteiger partial charge in [-0.2, -0.15) is 0 Å². The quantitative estimate of drug-likeness (QED) is 0.904. The van der Waals surface area contributed by atoms with E-state index in [2.05, 4.69) is 36.5 Å². The van der Waals surface area contributed by atoms with E-state index in [1.807, 2.05) is 0 Å². The van der Waals surface area contributed by atoms with E-state index in [4.69, 9.17) is 0 Å². The van der Waals surface area contributed by atoms with Crippen molar-refractivity contribution in [2.24, 2.45) is 5.92 Å². The normalized spacial score (nSPS) is 28.6. The molecule has 3 unspecified atom stereocenters. The van der Waals surface area contributed by atoms with Crippen molar-refractivity contribution in [2.75, 3.05) is 18.1 Å². The van der Waals surface area contributed by atoms with Gasteiger partial charge in [-0.15, -0.1) is 0 Å². The molecule has 0 radical (unpaired) electrons. The average molecular weight is 293 g/mol. The Bertz CT molecular complexity index is 582. The molecule has 1 aliphatic carbocycles. The second kappa shape index (κ2) is 5.49. The maximum absolute atomic E-state index is 11.7. The van der Waals surface area contributed by atoms with E-state index in [1.165, 1.54) is 11.1 Å². The van der Waals surface area contributed by atoms with Crippen LogP contribution in [-0.2, 0) is 16.3 Å². The summed E-state index contributed by atoms with van der Waals surface area (Å²) in [5.74, 6) is 1.66. The van der Waals surface area contributed by atoms with E-state index < -0.39 is 9.84 Å². The highest BCUT2D eigenvalue weighted by Crippen LogP contribution is 2.39. The summed E-state index contributed by atoms with van der Waals surface area (Å²) < 4.78 is 23.4. The van der Waals surface area contributed by atoms with Gasteiger partial charge in [-0.25, -0.2) is 8.42 Å². The lowest BCUT2D eigenvalue weighted by Gasteiger charge is -2.35. The van der Waals surface area contributed by atoms with Crippen LogP contribution in [0.4, 0.5) is 0 Å². The number of fused-ring (bicyclic) bond motifs is 1. The Hall–Kier alpha value is -0.870. The minimum atomic E-state index is -2.78. The van der Waals surface area contributed by atoms with Crippen LogP contribution in [0, 0.1) is 5.92 Å². The maximum atomic E-state index is 11.7. The number of rotatable bonds is 5. The molecule has 0 bridgehead atoms. The van der Waals surface area contributed by atoms with Crippen LogP contribution in [0.1, 0.15) is 36.8 Å². The fourth-order valence-corrected chi connectivity index (χ4v) is 5.61. The van der Waals surface area contributed by atoms with Crippen LogP contribution < -0.4 is 5.32 Å². The summed E-state index contributed by atoms with van der Waals surface area (Å²) in [4.78, 5) is 0. The fourth-order valence-electron chi connectivity index (χ4n) is 3.73. The molecule has 3 atom stereocenters.